The minimum atomic E-state index is -3.39. The van der Waals surface area contributed by atoms with E-state index in [1.165, 1.54) is 0 Å². The summed E-state index contributed by atoms with van der Waals surface area (Å²) in [5.74, 6) is 0. The summed E-state index contributed by atoms with van der Waals surface area (Å²) in [6.45, 7) is 7.10. The molecule has 2 atom stereocenters. The van der Waals surface area contributed by atoms with Gasteiger partial charge in [0.15, 0.2) is 0 Å². The molecule has 1 aliphatic heterocycles. The van der Waals surface area contributed by atoms with Crippen LogP contribution in [0.4, 0.5) is 0 Å². The van der Waals surface area contributed by atoms with Gasteiger partial charge < -0.3 is 10.2 Å². The molecule has 1 aliphatic rings. The van der Waals surface area contributed by atoms with Crippen LogP contribution in [0.3, 0.4) is 0 Å². The highest BCUT2D eigenvalue weighted by Gasteiger charge is 2.32. The normalized spacial score (nSPS) is 22.6. The van der Waals surface area contributed by atoms with E-state index in [1.807, 2.05) is 27.9 Å². The van der Waals surface area contributed by atoms with Crippen molar-refractivity contribution in [2.75, 3.05) is 40.3 Å². The second-order valence-corrected chi connectivity index (χ2v) is 7.84. The first kappa shape index (κ1) is 18.8. The monoisotopic (exact) mass is 320 g/mol. The molecule has 1 rings (SSSR count). The van der Waals surface area contributed by atoms with E-state index in [1.54, 1.807) is 4.31 Å². The number of nitrogens with zero attached hydrogens (tertiary/aromatic N) is 2. The van der Waals surface area contributed by atoms with Crippen LogP contribution in [0.5, 0.6) is 0 Å². The predicted molar refractivity (Wildman–Crippen MR) is 87.6 cm³/mol. The SMILES string of the molecule is CCNCC1CCCCN1S(=O)(=O)NC(C)CCN(C)C. The highest BCUT2D eigenvalue weighted by atomic mass is 32.2. The quantitative estimate of drug-likeness (QED) is 0.654. The number of piperidine rings is 1. The summed E-state index contributed by atoms with van der Waals surface area (Å²) in [7, 11) is 0.611. The van der Waals surface area contributed by atoms with E-state index in [2.05, 4.69) is 14.9 Å². The smallest absolute Gasteiger partial charge is 0.279 e. The minimum Gasteiger partial charge on any atom is -0.315 e. The van der Waals surface area contributed by atoms with Crippen molar-refractivity contribution in [3.05, 3.63) is 0 Å². The van der Waals surface area contributed by atoms with Crippen LogP contribution in [0, 0.1) is 0 Å². The first-order chi connectivity index (χ1) is 9.86. The molecular formula is C14H32N4O2S. The fourth-order valence-electron chi connectivity index (χ4n) is 2.64. The Labute approximate surface area is 130 Å². The zero-order valence-corrected chi connectivity index (χ0v) is 14.7. The molecule has 0 radical (unpaired) electrons. The Morgan fingerprint density at radius 3 is 2.67 bits per heavy atom. The van der Waals surface area contributed by atoms with Gasteiger partial charge in [-0.2, -0.15) is 17.4 Å². The standard InChI is InChI=1S/C14H32N4O2S/c1-5-15-12-14-8-6-7-10-18(14)21(19,20)16-13(2)9-11-17(3)4/h13-16H,5-12H2,1-4H3. The topological polar surface area (TPSA) is 64.7 Å². The van der Waals surface area contributed by atoms with E-state index in [-0.39, 0.29) is 12.1 Å². The molecular weight excluding hydrogens is 288 g/mol. The van der Waals surface area contributed by atoms with Gasteiger partial charge in [-0.25, -0.2) is 0 Å². The maximum absolute atomic E-state index is 12.6. The molecule has 7 heteroatoms. The average Bonchev–Trinajstić information content (AvgIpc) is 2.42. The zero-order chi connectivity index (χ0) is 15.9. The molecule has 0 aromatic heterocycles. The lowest BCUT2D eigenvalue weighted by atomic mass is 10.1. The van der Waals surface area contributed by atoms with Gasteiger partial charge in [-0.3, -0.25) is 0 Å². The van der Waals surface area contributed by atoms with Crippen molar-refractivity contribution in [3.63, 3.8) is 0 Å². The Morgan fingerprint density at radius 2 is 2.05 bits per heavy atom. The van der Waals surface area contributed by atoms with E-state index in [0.29, 0.717) is 6.54 Å². The molecule has 1 saturated heterocycles. The summed E-state index contributed by atoms with van der Waals surface area (Å²) >= 11 is 0. The lowest BCUT2D eigenvalue weighted by molar-refractivity contribution is 0.242. The molecule has 0 bridgehead atoms. The Hall–Kier alpha value is -0.210. The maximum Gasteiger partial charge on any atom is 0.279 e. The summed E-state index contributed by atoms with van der Waals surface area (Å²) in [5, 5.41) is 3.27. The fourth-order valence-corrected chi connectivity index (χ4v) is 4.34. The summed E-state index contributed by atoms with van der Waals surface area (Å²) in [4.78, 5) is 2.07. The van der Waals surface area contributed by atoms with E-state index < -0.39 is 10.2 Å². The summed E-state index contributed by atoms with van der Waals surface area (Å²) in [6.07, 6.45) is 3.83. The molecule has 2 N–H and O–H groups in total. The Balaban J connectivity index is 2.60. The highest BCUT2D eigenvalue weighted by molar-refractivity contribution is 7.87. The molecule has 126 valence electrons. The van der Waals surface area contributed by atoms with Crippen molar-refractivity contribution in [1.29, 1.82) is 0 Å². The van der Waals surface area contributed by atoms with Crippen molar-refractivity contribution in [2.24, 2.45) is 0 Å². The van der Waals surface area contributed by atoms with Crippen molar-refractivity contribution >= 4 is 10.2 Å². The second-order valence-electron chi connectivity index (χ2n) is 6.18. The van der Waals surface area contributed by atoms with E-state index in [4.69, 9.17) is 0 Å². The summed E-state index contributed by atoms with van der Waals surface area (Å²) in [5.41, 5.74) is 0. The summed E-state index contributed by atoms with van der Waals surface area (Å²) < 4.78 is 29.7. The zero-order valence-electron chi connectivity index (χ0n) is 13.9. The van der Waals surface area contributed by atoms with Crippen LogP contribution in [0.25, 0.3) is 0 Å². The lowest BCUT2D eigenvalue weighted by Crippen LogP contribution is -2.54. The van der Waals surface area contributed by atoms with Gasteiger partial charge in [0, 0.05) is 25.2 Å². The Morgan fingerprint density at radius 1 is 1.33 bits per heavy atom. The van der Waals surface area contributed by atoms with Crippen LogP contribution in [-0.4, -0.2) is 70.0 Å². The third kappa shape index (κ3) is 6.61. The predicted octanol–water partition coefficient (Wildman–Crippen LogP) is 0.625. The third-order valence-corrected chi connectivity index (χ3v) is 5.67. The Bertz CT molecular complexity index is 386. The number of rotatable bonds is 9. The number of nitrogens with one attached hydrogen (secondary N) is 2. The van der Waals surface area contributed by atoms with E-state index >= 15 is 0 Å². The van der Waals surface area contributed by atoms with Crippen molar-refractivity contribution in [1.82, 2.24) is 19.2 Å². The molecule has 0 amide bonds. The Kier molecular flexibility index (Phi) is 8.12. The lowest BCUT2D eigenvalue weighted by Gasteiger charge is -2.35. The van der Waals surface area contributed by atoms with Gasteiger partial charge in [0.1, 0.15) is 0 Å². The van der Waals surface area contributed by atoms with Gasteiger partial charge in [-0.05, 0) is 53.4 Å². The summed E-state index contributed by atoms with van der Waals surface area (Å²) in [6, 6.07) is 0.0383. The van der Waals surface area contributed by atoms with Crippen LogP contribution >= 0.6 is 0 Å². The molecule has 2 unspecified atom stereocenters. The van der Waals surface area contributed by atoms with Gasteiger partial charge in [-0.1, -0.05) is 13.3 Å². The third-order valence-electron chi connectivity index (χ3n) is 3.87. The average molecular weight is 321 g/mol. The second kappa shape index (κ2) is 9.05. The van der Waals surface area contributed by atoms with Gasteiger partial charge in [-0.15, -0.1) is 0 Å². The van der Waals surface area contributed by atoms with Gasteiger partial charge in [0.05, 0.1) is 0 Å². The number of hydrogen-bond acceptors (Lipinski definition) is 4. The van der Waals surface area contributed by atoms with E-state index in [0.717, 1.165) is 45.3 Å². The molecule has 1 fully saturated rings. The number of likely N-dealkylation sites (N-methyl/N-ethyl adjacent to an activating group) is 1. The number of hydrogen-bond donors (Lipinski definition) is 2. The minimum absolute atomic E-state index is 0.0425. The van der Waals surface area contributed by atoms with Crippen LogP contribution < -0.4 is 10.0 Å². The molecule has 0 spiro atoms. The maximum atomic E-state index is 12.6. The molecule has 21 heavy (non-hydrogen) atoms. The van der Waals surface area contributed by atoms with Crippen molar-refractivity contribution < 1.29 is 8.42 Å². The van der Waals surface area contributed by atoms with Gasteiger partial charge >= 0.3 is 0 Å². The largest absolute Gasteiger partial charge is 0.315 e. The van der Waals surface area contributed by atoms with Crippen LogP contribution in [0.2, 0.25) is 0 Å². The molecule has 6 nitrogen and oxygen atoms in total. The first-order valence-corrected chi connectivity index (χ1v) is 9.45. The highest BCUT2D eigenvalue weighted by Crippen LogP contribution is 2.19. The van der Waals surface area contributed by atoms with Crippen molar-refractivity contribution in [2.45, 2.75) is 51.6 Å². The van der Waals surface area contributed by atoms with Crippen LogP contribution in [0.1, 0.15) is 39.5 Å². The van der Waals surface area contributed by atoms with Crippen LogP contribution in [0.15, 0.2) is 0 Å². The molecule has 0 aliphatic carbocycles. The first-order valence-electron chi connectivity index (χ1n) is 8.01. The molecule has 1 heterocycles. The van der Waals surface area contributed by atoms with Crippen molar-refractivity contribution in [3.8, 4) is 0 Å². The fraction of sp³-hybridized carbons (Fsp3) is 1.00. The molecule has 0 aromatic carbocycles. The van der Waals surface area contributed by atoms with E-state index in [9.17, 15) is 8.42 Å². The van der Waals surface area contributed by atoms with Gasteiger partial charge in [0.25, 0.3) is 10.2 Å². The molecule has 0 aromatic rings. The van der Waals surface area contributed by atoms with Gasteiger partial charge in [0.2, 0.25) is 0 Å². The van der Waals surface area contributed by atoms with Crippen LogP contribution in [-0.2, 0) is 10.2 Å². The molecule has 0 saturated carbocycles.